The maximum absolute atomic E-state index is 17.2. The van der Waals surface area contributed by atoms with Gasteiger partial charge in [0.1, 0.15) is 47.1 Å². The van der Waals surface area contributed by atoms with E-state index in [0.717, 1.165) is 5.57 Å². The molecule has 6 atom stereocenters. The topological polar surface area (TPSA) is 104 Å². The zero-order valence-corrected chi connectivity index (χ0v) is 27.2. The molecule has 13 heteroatoms. The molecule has 7 heterocycles. The number of fused-ring (bicyclic) bond motifs is 7. The average molecular weight is 683 g/mol. The molecule has 2 aromatic carbocycles. The van der Waals surface area contributed by atoms with Gasteiger partial charge in [-0.25, -0.2) is 22.9 Å². The molecule has 9 rings (SSSR count). The Morgan fingerprint density at radius 1 is 1.18 bits per heavy atom. The molecule has 4 fully saturated rings. The smallest absolute Gasteiger partial charge is 0.407 e. The number of piperazine rings is 1. The van der Waals surface area contributed by atoms with Crippen LogP contribution in [0.4, 0.5) is 23.8 Å². The molecule has 4 unspecified atom stereocenters. The number of hydrogen-bond acceptors (Lipinski definition) is 8. The maximum atomic E-state index is 17.2. The fourth-order valence-electron chi connectivity index (χ4n) is 9.24. The van der Waals surface area contributed by atoms with Crippen LogP contribution in [-0.4, -0.2) is 98.1 Å². The number of hydrogen-bond donors (Lipinski definition) is 1. The number of halogens is 3. The summed E-state index contributed by atoms with van der Waals surface area (Å²) in [6.45, 7) is 7.32. The first-order chi connectivity index (χ1) is 24.1. The number of nitrogens with zero attached hydrogens (tertiary/aromatic N) is 6. The van der Waals surface area contributed by atoms with E-state index in [1.54, 1.807) is 24.3 Å². The van der Waals surface area contributed by atoms with Crippen molar-refractivity contribution in [2.24, 2.45) is 0 Å². The Hall–Kier alpha value is -5.09. The number of terminal acetylenes is 1. The monoisotopic (exact) mass is 682 g/mol. The van der Waals surface area contributed by atoms with Gasteiger partial charge in [-0.05, 0) is 37.6 Å². The van der Waals surface area contributed by atoms with Crippen molar-refractivity contribution in [2.75, 3.05) is 31.1 Å². The first-order valence-corrected chi connectivity index (χ1v) is 16.8. The number of anilines is 1. The Kier molecular flexibility index (Phi) is 6.78. The third kappa shape index (κ3) is 4.27. The standard InChI is InChI=1S/C37H33F3N6O4/c1-4-23-25(39)10-8-20-6-5-7-24(27(20)23)30-29(40)31-28-33(43-35(42-31)49-17-37-14-21(38)15-44(37)13-12-18(37)2)45-16-22-9-11-26(46(22)36(47)48)32(45)19(3)50-34(28)41-30/h1,5-8,10,19,21-22,26,32H,2,9,11-17H2,3H3,(H,47,48)/t19?,21-,22?,26?,32?,37-/m1/s1. The van der Waals surface area contributed by atoms with Gasteiger partial charge < -0.3 is 19.5 Å². The summed E-state index contributed by atoms with van der Waals surface area (Å²) in [5, 5.41) is 11.3. The molecule has 0 saturated carbocycles. The summed E-state index contributed by atoms with van der Waals surface area (Å²) < 4.78 is 59.7. The highest BCUT2D eigenvalue weighted by Gasteiger charge is 2.54. The minimum atomic E-state index is -1.04. The third-order valence-electron chi connectivity index (χ3n) is 11.5. The van der Waals surface area contributed by atoms with Gasteiger partial charge in [0, 0.05) is 37.0 Å². The van der Waals surface area contributed by atoms with Crippen molar-refractivity contribution in [2.45, 2.75) is 68.5 Å². The summed E-state index contributed by atoms with van der Waals surface area (Å²) >= 11 is 0. The summed E-state index contributed by atoms with van der Waals surface area (Å²) in [7, 11) is 0. The van der Waals surface area contributed by atoms with E-state index in [0.29, 0.717) is 48.9 Å². The lowest BCUT2D eigenvalue weighted by Gasteiger charge is -2.47. The molecular weight excluding hydrogens is 649 g/mol. The molecule has 1 N–H and O–H groups in total. The van der Waals surface area contributed by atoms with Crippen LogP contribution in [0.15, 0.2) is 42.5 Å². The van der Waals surface area contributed by atoms with E-state index in [1.165, 1.54) is 11.0 Å². The lowest BCUT2D eigenvalue weighted by atomic mass is 9.90. The number of benzene rings is 2. The predicted molar refractivity (Wildman–Crippen MR) is 179 cm³/mol. The van der Waals surface area contributed by atoms with E-state index in [4.69, 9.17) is 25.9 Å². The Morgan fingerprint density at radius 3 is 2.82 bits per heavy atom. The Morgan fingerprint density at radius 2 is 2.02 bits per heavy atom. The predicted octanol–water partition coefficient (Wildman–Crippen LogP) is 5.71. The van der Waals surface area contributed by atoms with E-state index < -0.39 is 47.6 Å². The van der Waals surface area contributed by atoms with E-state index in [-0.39, 0.29) is 65.2 Å². The molecular formula is C37H33F3N6O4. The van der Waals surface area contributed by atoms with E-state index in [2.05, 4.69) is 17.5 Å². The van der Waals surface area contributed by atoms with Crippen molar-refractivity contribution in [3.63, 3.8) is 0 Å². The van der Waals surface area contributed by atoms with Crippen molar-refractivity contribution in [1.82, 2.24) is 24.8 Å². The van der Waals surface area contributed by atoms with Crippen molar-refractivity contribution in [3.8, 4) is 35.5 Å². The van der Waals surface area contributed by atoms with Crippen LogP contribution >= 0.6 is 0 Å². The number of rotatable bonds is 4. The molecule has 2 aromatic heterocycles. The SMILES string of the molecule is C#Cc1c(F)ccc2cccc(-c3nc4c5c(nc(OC[C@@]67C[C@@H](F)CN6CCC7=C)nc5c3F)N3CC5CCC(C3C(C)O4)N5C(=O)O)c12. The van der Waals surface area contributed by atoms with Crippen LogP contribution in [0.5, 0.6) is 11.9 Å². The quantitative estimate of drug-likeness (QED) is 0.214. The van der Waals surface area contributed by atoms with Crippen LogP contribution in [0.3, 0.4) is 0 Å². The van der Waals surface area contributed by atoms with Crippen molar-refractivity contribution < 1.29 is 32.5 Å². The molecule has 2 bridgehead atoms. The highest BCUT2D eigenvalue weighted by atomic mass is 19.1. The van der Waals surface area contributed by atoms with Gasteiger partial charge >= 0.3 is 12.1 Å². The molecule has 10 nitrogen and oxygen atoms in total. The van der Waals surface area contributed by atoms with Crippen molar-refractivity contribution in [1.29, 1.82) is 0 Å². The number of alkyl halides is 1. The number of aromatic nitrogens is 3. The number of amides is 1. The second-order valence-electron chi connectivity index (χ2n) is 14.0. The summed E-state index contributed by atoms with van der Waals surface area (Å²) in [4.78, 5) is 32.1. The van der Waals surface area contributed by atoms with Crippen LogP contribution < -0.4 is 14.4 Å². The lowest BCUT2D eigenvalue weighted by molar-refractivity contribution is 0.0706. The number of carboxylic acid groups (broad SMARTS) is 1. The highest BCUT2D eigenvalue weighted by Crippen LogP contribution is 2.48. The third-order valence-corrected chi connectivity index (χ3v) is 11.5. The maximum Gasteiger partial charge on any atom is 0.407 e. The fraction of sp³-hybridized carbons (Fsp3) is 0.405. The van der Waals surface area contributed by atoms with Gasteiger partial charge in [0.15, 0.2) is 5.82 Å². The van der Waals surface area contributed by atoms with Gasteiger partial charge in [-0.1, -0.05) is 42.3 Å². The first kappa shape index (κ1) is 30.9. The van der Waals surface area contributed by atoms with Crippen LogP contribution in [0, 0.1) is 24.0 Å². The summed E-state index contributed by atoms with van der Waals surface area (Å²) in [5.74, 6) is 1.34. The average Bonchev–Trinajstić information content (AvgIpc) is 3.68. The molecule has 5 aliphatic heterocycles. The number of pyridine rings is 1. The van der Waals surface area contributed by atoms with Gasteiger partial charge in [0.05, 0.1) is 29.2 Å². The van der Waals surface area contributed by atoms with Crippen LogP contribution in [0.1, 0.15) is 38.2 Å². The zero-order valence-electron chi connectivity index (χ0n) is 27.2. The Bertz CT molecular complexity index is 2190. The molecule has 0 radical (unpaired) electrons. The van der Waals surface area contributed by atoms with Crippen molar-refractivity contribution >= 4 is 33.6 Å². The molecule has 256 valence electrons. The lowest BCUT2D eigenvalue weighted by Crippen LogP contribution is -2.64. The largest absolute Gasteiger partial charge is 0.472 e. The second-order valence-corrected chi connectivity index (χ2v) is 14.0. The van der Waals surface area contributed by atoms with Crippen LogP contribution in [-0.2, 0) is 0 Å². The zero-order chi connectivity index (χ0) is 34.6. The Labute approximate surface area is 285 Å². The summed E-state index contributed by atoms with van der Waals surface area (Å²) in [6.07, 6.45) is 5.32. The van der Waals surface area contributed by atoms with Gasteiger partial charge in [-0.15, -0.1) is 6.42 Å². The normalized spacial score (nSPS) is 28.4. The highest BCUT2D eigenvalue weighted by molar-refractivity contribution is 6.03. The van der Waals surface area contributed by atoms with Crippen molar-refractivity contribution in [3.05, 3.63) is 59.7 Å². The molecule has 0 spiro atoms. The van der Waals surface area contributed by atoms with E-state index >= 15 is 8.78 Å². The van der Waals surface area contributed by atoms with E-state index in [9.17, 15) is 14.3 Å². The molecule has 0 aliphatic carbocycles. The van der Waals surface area contributed by atoms with Gasteiger partial charge in [0.25, 0.3) is 0 Å². The molecule has 5 aliphatic rings. The molecule has 4 saturated heterocycles. The summed E-state index contributed by atoms with van der Waals surface area (Å²) in [5.41, 5.74) is 0.0749. The fourth-order valence-corrected chi connectivity index (χ4v) is 9.24. The summed E-state index contributed by atoms with van der Waals surface area (Å²) in [6, 6.07) is 6.59. The van der Waals surface area contributed by atoms with Gasteiger partial charge in [0.2, 0.25) is 5.88 Å². The second kappa shape index (κ2) is 11.0. The van der Waals surface area contributed by atoms with E-state index in [1.807, 2.05) is 16.7 Å². The molecule has 50 heavy (non-hydrogen) atoms. The minimum absolute atomic E-state index is 0.0200. The number of ether oxygens (including phenoxy) is 2. The molecule has 1 amide bonds. The minimum Gasteiger partial charge on any atom is -0.472 e. The number of carbonyl (C=O) groups is 1. The Balaban J connectivity index is 1.25. The van der Waals surface area contributed by atoms with Crippen LogP contribution in [0.2, 0.25) is 0 Å². The van der Waals surface area contributed by atoms with Gasteiger partial charge in [-0.3, -0.25) is 9.80 Å². The van der Waals surface area contributed by atoms with Gasteiger partial charge in [-0.2, -0.15) is 9.97 Å². The molecule has 4 aromatic rings. The van der Waals surface area contributed by atoms with Crippen LogP contribution in [0.25, 0.3) is 32.9 Å². The first-order valence-electron chi connectivity index (χ1n) is 16.8.